The van der Waals surface area contributed by atoms with E-state index in [1.165, 1.54) is 51.9 Å². The van der Waals surface area contributed by atoms with Gasteiger partial charge >= 0.3 is 0 Å². The maximum Gasteiger partial charge on any atom is 0.215 e. The molecule has 0 atom stereocenters. The normalized spacial score (nSPS) is 16.2. The van der Waals surface area contributed by atoms with Crippen LogP contribution in [0.2, 0.25) is 0 Å². The van der Waals surface area contributed by atoms with Gasteiger partial charge in [0.2, 0.25) is 10.4 Å². The van der Waals surface area contributed by atoms with Crippen LogP contribution in [0.15, 0.2) is 150 Å². The Balaban J connectivity index is 0.000000978. The summed E-state index contributed by atoms with van der Waals surface area (Å²) in [5.41, 5.74) is 5.92. The molecule has 0 aliphatic heterocycles. The Hall–Kier alpha value is -3.34. The topological polar surface area (TPSA) is 77.4 Å². The summed E-state index contributed by atoms with van der Waals surface area (Å²) in [5.74, 6) is 0. The van der Waals surface area contributed by atoms with Crippen molar-refractivity contribution in [2.45, 2.75) is 53.9 Å². The second-order valence-electron chi connectivity index (χ2n) is 11.9. The first-order chi connectivity index (χ1) is 20.8. The van der Waals surface area contributed by atoms with Crippen molar-refractivity contribution < 1.29 is 17.5 Å². The van der Waals surface area contributed by atoms with Gasteiger partial charge in [-0.05, 0) is 93.5 Å². The molecule has 0 radical (unpaired) electrons. The van der Waals surface area contributed by atoms with Gasteiger partial charge in [0.25, 0.3) is 0 Å². The van der Waals surface area contributed by atoms with E-state index in [0.29, 0.717) is 0 Å². The van der Waals surface area contributed by atoms with Crippen LogP contribution in [0, 0.1) is 5.41 Å². The second-order valence-corrected chi connectivity index (χ2v) is 16.3. The molecule has 4 nitrogen and oxygen atoms in total. The van der Waals surface area contributed by atoms with Crippen molar-refractivity contribution in [3.63, 3.8) is 0 Å². The van der Waals surface area contributed by atoms with Crippen LogP contribution >= 0.6 is 7.26 Å². The third-order valence-electron chi connectivity index (χ3n) is 8.05. The molecule has 44 heavy (non-hydrogen) atoms. The van der Waals surface area contributed by atoms with E-state index in [1.807, 2.05) is 0 Å². The van der Waals surface area contributed by atoms with E-state index < -0.39 is 17.7 Å². The molecule has 6 heteroatoms. The molecule has 3 aromatic rings. The van der Waals surface area contributed by atoms with Crippen molar-refractivity contribution in [3.8, 4) is 0 Å². The maximum absolute atomic E-state index is 8.63. The molecule has 0 aromatic heterocycles. The summed E-state index contributed by atoms with van der Waals surface area (Å²) < 4.78 is 32.8. The Bertz CT molecular complexity index is 1510. The van der Waals surface area contributed by atoms with Crippen molar-refractivity contribution >= 4 is 33.6 Å². The van der Waals surface area contributed by atoms with E-state index in [-0.39, 0.29) is 5.41 Å². The van der Waals surface area contributed by atoms with Gasteiger partial charge in [-0.1, -0.05) is 116 Å². The molecule has 3 aromatic carbocycles. The average Bonchev–Trinajstić information content (AvgIpc) is 2.98. The van der Waals surface area contributed by atoms with Gasteiger partial charge < -0.3 is 4.55 Å². The van der Waals surface area contributed by atoms with E-state index in [2.05, 4.69) is 162 Å². The highest BCUT2D eigenvalue weighted by molar-refractivity contribution is 7.95. The Morgan fingerprint density at radius 2 is 1.30 bits per heavy atom. The molecular formula is C38H45O4PS. The van der Waals surface area contributed by atoms with Gasteiger partial charge in [0.05, 0.1) is 6.16 Å². The molecule has 0 saturated heterocycles. The summed E-state index contributed by atoms with van der Waals surface area (Å²) >= 11 is 0. The molecule has 0 amide bonds. The predicted octanol–water partition coefficient (Wildman–Crippen LogP) is 8.52. The van der Waals surface area contributed by atoms with Crippen molar-refractivity contribution in [2.24, 2.45) is 5.41 Å². The first-order valence-corrected chi connectivity index (χ1v) is 18.3. The zero-order chi connectivity index (χ0) is 32.2. The number of allylic oxidation sites excluding steroid dienone is 10. The summed E-state index contributed by atoms with van der Waals surface area (Å²) in [5, 5.41) is 4.27. The highest BCUT2D eigenvalue weighted by atomic mass is 32.3. The van der Waals surface area contributed by atoms with Gasteiger partial charge in [0.15, 0.2) is 0 Å². The molecule has 232 valence electrons. The smallest absolute Gasteiger partial charge is 0.215 e. The molecule has 0 heterocycles. The lowest BCUT2D eigenvalue weighted by Gasteiger charge is -2.32. The molecule has 0 saturated carbocycles. The molecule has 1 aliphatic rings. The predicted molar refractivity (Wildman–Crippen MR) is 188 cm³/mol. The monoisotopic (exact) mass is 628 g/mol. The van der Waals surface area contributed by atoms with E-state index in [1.54, 1.807) is 5.57 Å². The third kappa shape index (κ3) is 10.4. The summed E-state index contributed by atoms with van der Waals surface area (Å²) in [6.07, 6.45) is 18.6. The number of benzene rings is 3. The molecule has 0 unspecified atom stereocenters. The van der Waals surface area contributed by atoms with Gasteiger partial charge in [-0.2, -0.15) is 0 Å². The summed E-state index contributed by atoms with van der Waals surface area (Å²) in [7, 11) is -6.76. The van der Waals surface area contributed by atoms with Crippen LogP contribution in [-0.2, 0) is 10.4 Å². The molecular weight excluding hydrogens is 583 g/mol. The van der Waals surface area contributed by atoms with Crippen LogP contribution in [0.25, 0.3) is 0 Å². The van der Waals surface area contributed by atoms with E-state index in [0.717, 1.165) is 6.16 Å². The van der Waals surface area contributed by atoms with Crippen LogP contribution in [0.5, 0.6) is 0 Å². The molecule has 0 bridgehead atoms. The quantitative estimate of drug-likeness (QED) is 0.112. The van der Waals surface area contributed by atoms with Gasteiger partial charge in [-0.25, -0.2) is 8.42 Å². The van der Waals surface area contributed by atoms with Crippen LogP contribution in [0.1, 0.15) is 53.9 Å². The van der Waals surface area contributed by atoms with Crippen molar-refractivity contribution in [3.05, 3.63) is 150 Å². The Kier molecular flexibility index (Phi) is 12.9. The molecule has 1 N–H and O–H groups in total. The van der Waals surface area contributed by atoms with Crippen molar-refractivity contribution in [1.82, 2.24) is 0 Å². The number of hydrogen-bond acceptors (Lipinski definition) is 3. The van der Waals surface area contributed by atoms with Crippen LogP contribution in [0.4, 0.5) is 0 Å². The fraction of sp³-hybridized carbons (Fsp3) is 0.263. The van der Waals surface area contributed by atoms with Crippen molar-refractivity contribution in [2.75, 3.05) is 6.16 Å². The summed E-state index contributed by atoms with van der Waals surface area (Å²) in [6, 6.07) is 33.3. The Morgan fingerprint density at radius 3 is 1.73 bits per heavy atom. The second kappa shape index (κ2) is 16.1. The van der Waals surface area contributed by atoms with E-state index in [9.17, 15) is 0 Å². The first kappa shape index (κ1) is 35.1. The minimum absolute atomic E-state index is 0.278. The third-order valence-corrected chi connectivity index (χ3v) is 12.3. The highest BCUT2D eigenvalue weighted by Gasteiger charge is 2.44. The molecule has 1 aliphatic carbocycles. The molecule has 4 rings (SSSR count). The zero-order valence-corrected chi connectivity index (χ0v) is 28.2. The molecule has 0 spiro atoms. The van der Waals surface area contributed by atoms with Gasteiger partial charge in [-0.15, -0.1) is 0 Å². The summed E-state index contributed by atoms with van der Waals surface area (Å²) in [4.78, 5) is 0. The summed E-state index contributed by atoms with van der Waals surface area (Å²) in [6.45, 7) is 11.5. The fourth-order valence-electron chi connectivity index (χ4n) is 5.79. The lowest BCUT2D eigenvalue weighted by molar-refractivity contribution is 0.366. The molecule has 0 fully saturated rings. The minimum atomic E-state index is -4.92. The SMILES string of the molecule is CC(C=CC1=C(C)CCCC1(C)C)=CC=CC(C)=CC[P+](c1ccccc1)(c1ccccc1)c1ccccc1.O=S(=O)([O-])O. The standard InChI is InChI=1S/C38H44P.H2O4S/c1-31(26-27-37-33(3)19-16-29-38(37,4)5)17-15-18-32(2)28-30-39(34-20-9-6-10-21-34,35-22-11-7-12-23-35)36-24-13-8-14-25-36;1-5(2,3)4/h6-15,17-18,20-28H,16,19,29-30H2,1-5H3;(H2,1,2,3,4)/q+1;/p-1. The van der Waals surface area contributed by atoms with Crippen LogP contribution in [0.3, 0.4) is 0 Å². The lowest BCUT2D eigenvalue weighted by Crippen LogP contribution is -2.33. The lowest BCUT2D eigenvalue weighted by atomic mass is 9.72. The number of rotatable bonds is 9. The largest absolute Gasteiger partial charge is 0.726 e. The van der Waals surface area contributed by atoms with Gasteiger partial charge in [0.1, 0.15) is 23.2 Å². The van der Waals surface area contributed by atoms with Gasteiger partial charge in [0, 0.05) is 0 Å². The highest BCUT2D eigenvalue weighted by Crippen LogP contribution is 2.55. The van der Waals surface area contributed by atoms with E-state index in [4.69, 9.17) is 17.5 Å². The Labute approximate surface area is 265 Å². The van der Waals surface area contributed by atoms with E-state index >= 15 is 0 Å². The maximum atomic E-state index is 8.63. The number of hydrogen-bond donors (Lipinski definition) is 1. The van der Waals surface area contributed by atoms with Crippen molar-refractivity contribution in [1.29, 1.82) is 0 Å². The van der Waals surface area contributed by atoms with Crippen LogP contribution in [-0.4, -0.2) is 23.7 Å². The minimum Gasteiger partial charge on any atom is -0.726 e. The fourth-order valence-corrected chi connectivity index (χ4v) is 9.92. The zero-order valence-electron chi connectivity index (χ0n) is 26.5. The Morgan fingerprint density at radius 1 is 0.841 bits per heavy atom. The average molecular weight is 629 g/mol. The first-order valence-electron chi connectivity index (χ1n) is 15.0. The van der Waals surface area contributed by atoms with Crippen LogP contribution < -0.4 is 15.9 Å². The van der Waals surface area contributed by atoms with Gasteiger partial charge in [-0.3, -0.25) is 4.55 Å².